The molecule has 2 aliphatic rings. The fraction of sp³-hybridized carbons (Fsp3) is 0.500. The van der Waals surface area contributed by atoms with Gasteiger partial charge in [-0.15, -0.1) is 0 Å². The van der Waals surface area contributed by atoms with Gasteiger partial charge in [-0.3, -0.25) is 14.5 Å². The molecule has 176 valence electrons. The first-order valence-corrected chi connectivity index (χ1v) is 12.0. The van der Waals surface area contributed by atoms with Crippen molar-refractivity contribution in [3.8, 4) is 11.3 Å². The number of aryl methyl sites for hydroxylation is 3. The van der Waals surface area contributed by atoms with E-state index in [0.717, 1.165) is 56.6 Å². The first-order chi connectivity index (χ1) is 16.0. The van der Waals surface area contributed by atoms with Crippen LogP contribution in [0.25, 0.3) is 11.3 Å². The van der Waals surface area contributed by atoms with Crippen LogP contribution in [0.3, 0.4) is 0 Å². The Morgan fingerprint density at radius 2 is 2.03 bits per heavy atom. The van der Waals surface area contributed by atoms with Crippen LogP contribution in [0.1, 0.15) is 42.4 Å². The van der Waals surface area contributed by atoms with E-state index in [4.69, 9.17) is 10.1 Å². The summed E-state index contributed by atoms with van der Waals surface area (Å²) in [6, 6.07) is 10.9. The zero-order valence-electron chi connectivity index (χ0n) is 19.4. The van der Waals surface area contributed by atoms with Crippen molar-refractivity contribution < 1.29 is 14.7 Å². The number of hydrogen-bond acceptors (Lipinski definition) is 5. The smallest absolute Gasteiger partial charge is 0.317 e. The molecule has 1 aromatic carbocycles. The Morgan fingerprint density at radius 1 is 1.21 bits per heavy atom. The second-order valence-electron chi connectivity index (χ2n) is 9.22. The number of carbonyl (C=O) groups excluding carboxylic acids is 1. The molecule has 1 aromatic heterocycles. The largest absolute Gasteiger partial charge is 0.480 e. The molecule has 0 aliphatic carbocycles. The molecule has 0 radical (unpaired) electrons. The normalized spacial score (nSPS) is 16.6. The topological polar surface area (TPSA) is 94.6 Å². The summed E-state index contributed by atoms with van der Waals surface area (Å²) in [6.45, 7) is 5.15. The summed E-state index contributed by atoms with van der Waals surface area (Å²) < 4.78 is 0. The van der Waals surface area contributed by atoms with E-state index in [1.54, 1.807) is 0 Å². The lowest BCUT2D eigenvalue weighted by Crippen LogP contribution is -2.42. The van der Waals surface area contributed by atoms with Gasteiger partial charge in [0.15, 0.2) is 0 Å². The summed E-state index contributed by atoms with van der Waals surface area (Å²) in [5.41, 5.74) is 5.93. The van der Waals surface area contributed by atoms with Crippen molar-refractivity contribution in [1.29, 1.82) is 0 Å². The Kier molecular flexibility index (Phi) is 7.60. The number of carboxylic acid groups (broad SMARTS) is 1. The van der Waals surface area contributed by atoms with Crippen LogP contribution in [-0.4, -0.2) is 59.6 Å². The van der Waals surface area contributed by atoms with Crippen LogP contribution >= 0.6 is 0 Å². The molecule has 0 spiro atoms. The van der Waals surface area contributed by atoms with E-state index in [0.29, 0.717) is 19.6 Å². The van der Waals surface area contributed by atoms with Crippen molar-refractivity contribution in [2.45, 2.75) is 45.4 Å². The minimum Gasteiger partial charge on any atom is -0.480 e. The van der Waals surface area contributed by atoms with Gasteiger partial charge >= 0.3 is 5.97 Å². The lowest BCUT2D eigenvalue weighted by atomic mass is 9.95. The molecule has 3 N–H and O–H groups in total. The highest BCUT2D eigenvalue weighted by molar-refractivity contribution is 5.78. The Bertz CT molecular complexity index is 999. The lowest BCUT2D eigenvalue weighted by molar-refractivity contribution is -0.138. The zero-order valence-corrected chi connectivity index (χ0v) is 19.4. The molecule has 33 heavy (non-hydrogen) atoms. The fourth-order valence-electron chi connectivity index (χ4n) is 4.77. The number of aliphatic carboxylic acids is 1. The molecule has 1 fully saturated rings. The van der Waals surface area contributed by atoms with E-state index in [-0.39, 0.29) is 18.4 Å². The Balaban J connectivity index is 1.27. The molecule has 7 heteroatoms. The Morgan fingerprint density at radius 3 is 2.82 bits per heavy atom. The Labute approximate surface area is 195 Å². The van der Waals surface area contributed by atoms with Crippen molar-refractivity contribution in [3.63, 3.8) is 0 Å². The lowest BCUT2D eigenvalue weighted by Gasteiger charge is -2.29. The predicted octanol–water partition coefficient (Wildman–Crippen LogP) is 3.26. The van der Waals surface area contributed by atoms with Crippen molar-refractivity contribution >= 4 is 17.7 Å². The highest BCUT2D eigenvalue weighted by Gasteiger charge is 2.25. The third kappa shape index (κ3) is 6.11. The summed E-state index contributed by atoms with van der Waals surface area (Å²) in [5, 5.41) is 15.4. The van der Waals surface area contributed by atoms with Crippen molar-refractivity contribution in [1.82, 2.24) is 15.2 Å². The van der Waals surface area contributed by atoms with Crippen LogP contribution in [0, 0.1) is 12.8 Å². The summed E-state index contributed by atoms with van der Waals surface area (Å²) >= 11 is 0. The van der Waals surface area contributed by atoms with Crippen LogP contribution in [0.5, 0.6) is 0 Å². The Hall–Kier alpha value is -2.93. The number of hydrogen-bond donors (Lipinski definition) is 3. The SMILES string of the molecule is Cc1ccc(CCCNC(=O)C2CCN(CC(=O)O)CC2)cc1-c1ccc2c(n1)NCCC2. The molecule has 1 saturated heterocycles. The molecular formula is C26H34N4O3. The van der Waals surface area contributed by atoms with E-state index >= 15 is 0 Å². The predicted molar refractivity (Wildman–Crippen MR) is 129 cm³/mol. The number of aromatic nitrogens is 1. The monoisotopic (exact) mass is 450 g/mol. The third-order valence-electron chi connectivity index (χ3n) is 6.73. The van der Waals surface area contributed by atoms with Crippen LogP contribution < -0.4 is 10.6 Å². The number of nitrogens with one attached hydrogen (secondary N) is 2. The van der Waals surface area contributed by atoms with E-state index in [1.165, 1.54) is 22.3 Å². The number of piperidine rings is 1. The van der Waals surface area contributed by atoms with Gasteiger partial charge in [-0.1, -0.05) is 18.2 Å². The summed E-state index contributed by atoms with van der Waals surface area (Å²) in [4.78, 5) is 30.1. The number of carboxylic acids is 1. The van der Waals surface area contributed by atoms with Crippen LogP contribution in [0.2, 0.25) is 0 Å². The number of amides is 1. The second-order valence-corrected chi connectivity index (χ2v) is 9.22. The number of likely N-dealkylation sites (tertiary alicyclic amines) is 1. The molecule has 7 nitrogen and oxygen atoms in total. The molecule has 0 atom stereocenters. The molecule has 0 unspecified atom stereocenters. The first-order valence-electron chi connectivity index (χ1n) is 12.0. The van der Waals surface area contributed by atoms with E-state index < -0.39 is 5.97 Å². The van der Waals surface area contributed by atoms with Gasteiger partial charge in [-0.05, 0) is 87.4 Å². The minimum absolute atomic E-state index is 0.00952. The minimum atomic E-state index is -0.809. The quantitative estimate of drug-likeness (QED) is 0.535. The molecule has 2 aliphatic heterocycles. The van der Waals surface area contributed by atoms with Gasteiger partial charge in [0.25, 0.3) is 0 Å². The van der Waals surface area contributed by atoms with Crippen LogP contribution in [-0.2, 0) is 22.4 Å². The number of benzene rings is 1. The van der Waals surface area contributed by atoms with Gasteiger partial charge in [-0.2, -0.15) is 0 Å². The van der Waals surface area contributed by atoms with E-state index in [9.17, 15) is 9.59 Å². The molecule has 0 saturated carbocycles. The maximum absolute atomic E-state index is 12.5. The molecular weight excluding hydrogens is 416 g/mol. The first kappa shape index (κ1) is 23.2. The maximum atomic E-state index is 12.5. The number of carbonyl (C=O) groups is 2. The van der Waals surface area contributed by atoms with E-state index in [2.05, 4.69) is 47.9 Å². The number of nitrogens with zero attached hydrogens (tertiary/aromatic N) is 2. The second kappa shape index (κ2) is 10.8. The third-order valence-corrected chi connectivity index (χ3v) is 6.73. The standard InChI is InChI=1S/C26H34N4O3/c1-18-6-7-19(16-22(18)23-9-8-20-5-3-12-27-25(20)29-23)4-2-13-28-26(33)21-10-14-30(15-11-21)17-24(31)32/h6-9,16,21H,2-5,10-15,17H2,1H3,(H,27,29)(H,28,33)(H,31,32). The molecule has 2 aromatic rings. The maximum Gasteiger partial charge on any atom is 0.317 e. The van der Waals surface area contributed by atoms with Crippen LogP contribution in [0.4, 0.5) is 5.82 Å². The average molecular weight is 451 g/mol. The number of anilines is 1. The zero-order chi connectivity index (χ0) is 23.2. The number of rotatable bonds is 8. The number of fused-ring (bicyclic) bond motifs is 1. The number of pyridine rings is 1. The molecule has 4 rings (SSSR count). The molecule has 1 amide bonds. The summed E-state index contributed by atoms with van der Waals surface area (Å²) in [7, 11) is 0. The van der Waals surface area contributed by atoms with Gasteiger partial charge in [-0.25, -0.2) is 4.98 Å². The van der Waals surface area contributed by atoms with E-state index in [1.807, 2.05) is 4.90 Å². The van der Waals surface area contributed by atoms with Gasteiger partial charge in [0.2, 0.25) is 5.91 Å². The van der Waals surface area contributed by atoms with Crippen molar-refractivity contribution in [3.05, 3.63) is 47.0 Å². The molecule has 3 heterocycles. The van der Waals surface area contributed by atoms with Gasteiger partial charge in [0, 0.05) is 24.6 Å². The molecule has 0 bridgehead atoms. The van der Waals surface area contributed by atoms with Crippen LogP contribution in [0.15, 0.2) is 30.3 Å². The highest BCUT2D eigenvalue weighted by Crippen LogP contribution is 2.28. The average Bonchev–Trinajstić information content (AvgIpc) is 2.82. The van der Waals surface area contributed by atoms with Crippen molar-refractivity contribution in [2.75, 3.05) is 38.0 Å². The van der Waals surface area contributed by atoms with Gasteiger partial charge < -0.3 is 15.7 Å². The highest BCUT2D eigenvalue weighted by atomic mass is 16.4. The van der Waals surface area contributed by atoms with Gasteiger partial charge in [0.1, 0.15) is 5.82 Å². The van der Waals surface area contributed by atoms with Gasteiger partial charge in [0.05, 0.1) is 12.2 Å². The summed E-state index contributed by atoms with van der Waals surface area (Å²) in [6.07, 6.45) is 5.47. The fourth-order valence-corrected chi connectivity index (χ4v) is 4.77. The van der Waals surface area contributed by atoms with Crippen molar-refractivity contribution in [2.24, 2.45) is 5.92 Å². The summed E-state index contributed by atoms with van der Waals surface area (Å²) in [5.74, 6) is 0.293.